The normalized spacial score (nSPS) is 24.9. The Morgan fingerprint density at radius 3 is 2.53 bits per heavy atom. The van der Waals surface area contributed by atoms with E-state index in [1.807, 2.05) is 6.92 Å². The number of carbonyl (C=O) groups excluding carboxylic acids is 2. The van der Waals surface area contributed by atoms with Gasteiger partial charge in [-0.3, -0.25) is 9.59 Å². The van der Waals surface area contributed by atoms with Crippen LogP contribution in [0.15, 0.2) is 23.8 Å². The van der Waals surface area contributed by atoms with Crippen LogP contribution in [0.5, 0.6) is 11.5 Å². The molecule has 4 rings (SSSR count). The molecule has 2 amide bonds. The van der Waals surface area contributed by atoms with Crippen molar-refractivity contribution in [2.45, 2.75) is 82.3 Å². The first-order valence-electron chi connectivity index (χ1n) is 13.6. The Labute approximate surface area is 223 Å². The summed E-state index contributed by atoms with van der Waals surface area (Å²) in [6.07, 6.45) is 5.47. The Bertz CT molecular complexity index is 1020. The summed E-state index contributed by atoms with van der Waals surface area (Å²) in [5.74, 6) is -0.486. The van der Waals surface area contributed by atoms with E-state index in [1.165, 1.54) is 7.11 Å². The van der Waals surface area contributed by atoms with E-state index in [2.05, 4.69) is 5.32 Å². The summed E-state index contributed by atoms with van der Waals surface area (Å²) in [4.78, 5) is 28.7. The van der Waals surface area contributed by atoms with Crippen LogP contribution >= 0.6 is 0 Å². The van der Waals surface area contributed by atoms with E-state index in [0.717, 1.165) is 38.5 Å². The van der Waals surface area contributed by atoms with E-state index in [0.29, 0.717) is 34.8 Å². The number of methoxy groups -OCH3 is 1. The summed E-state index contributed by atoms with van der Waals surface area (Å²) in [5, 5.41) is 33.6. The second kappa shape index (κ2) is 12.9. The lowest BCUT2D eigenvalue weighted by atomic mass is 9.76. The van der Waals surface area contributed by atoms with Crippen molar-refractivity contribution >= 4 is 11.8 Å². The molecule has 0 spiro atoms. The molecule has 0 aromatic heterocycles. The van der Waals surface area contributed by atoms with E-state index in [9.17, 15) is 24.9 Å². The highest BCUT2D eigenvalue weighted by atomic mass is 16.5. The van der Waals surface area contributed by atoms with E-state index >= 15 is 0 Å². The fraction of sp³-hybridized carbons (Fsp3) is 0.643. The number of fused-ring (bicyclic) bond motifs is 3. The van der Waals surface area contributed by atoms with Crippen molar-refractivity contribution in [1.82, 2.24) is 10.2 Å². The third-order valence-corrected chi connectivity index (χ3v) is 7.75. The summed E-state index contributed by atoms with van der Waals surface area (Å²) in [6, 6.07) is 2.52. The molecule has 0 radical (unpaired) electrons. The Hall–Kier alpha value is -2.66. The minimum atomic E-state index is -1.13. The number of aliphatic hydroxyl groups is 3. The van der Waals surface area contributed by atoms with E-state index < -0.39 is 30.1 Å². The molecule has 1 saturated carbocycles. The highest BCUT2D eigenvalue weighted by molar-refractivity contribution is 5.96. The third-order valence-electron chi connectivity index (χ3n) is 7.75. The molecule has 0 saturated heterocycles. The van der Waals surface area contributed by atoms with Gasteiger partial charge in [-0.05, 0) is 43.5 Å². The topological polar surface area (TPSA) is 138 Å². The summed E-state index contributed by atoms with van der Waals surface area (Å²) < 4.78 is 17.3. The van der Waals surface area contributed by atoms with Crippen LogP contribution in [-0.2, 0) is 20.9 Å². The second-order valence-electron chi connectivity index (χ2n) is 10.1. The number of nitrogens with one attached hydrogen (secondary N) is 1. The summed E-state index contributed by atoms with van der Waals surface area (Å²) in [5.41, 5.74) is 1.56. The fourth-order valence-corrected chi connectivity index (χ4v) is 6.00. The van der Waals surface area contributed by atoms with Crippen LogP contribution in [0.3, 0.4) is 0 Å². The van der Waals surface area contributed by atoms with Crippen molar-refractivity contribution in [2.75, 3.05) is 33.5 Å². The van der Waals surface area contributed by atoms with E-state index in [4.69, 9.17) is 14.2 Å². The molecule has 10 heteroatoms. The number of benzene rings is 1. The average molecular weight is 533 g/mol. The van der Waals surface area contributed by atoms with Gasteiger partial charge in [-0.2, -0.15) is 0 Å². The van der Waals surface area contributed by atoms with Crippen LogP contribution in [0.2, 0.25) is 0 Å². The van der Waals surface area contributed by atoms with Gasteiger partial charge in [0.25, 0.3) is 0 Å². The van der Waals surface area contributed by atoms with Crippen molar-refractivity contribution in [3.8, 4) is 11.5 Å². The molecular formula is C28H40N2O8. The number of hydrogen-bond acceptors (Lipinski definition) is 8. The summed E-state index contributed by atoms with van der Waals surface area (Å²) >= 11 is 0. The zero-order valence-corrected chi connectivity index (χ0v) is 22.2. The second-order valence-corrected chi connectivity index (χ2v) is 10.1. The lowest BCUT2D eigenvalue weighted by Crippen LogP contribution is -2.59. The molecule has 1 aromatic carbocycles. The van der Waals surface area contributed by atoms with Gasteiger partial charge < -0.3 is 39.7 Å². The van der Waals surface area contributed by atoms with E-state index in [-0.39, 0.29) is 38.3 Å². The van der Waals surface area contributed by atoms with Crippen molar-refractivity contribution in [3.05, 3.63) is 34.9 Å². The number of nitrogens with zero attached hydrogens (tertiary/aromatic N) is 1. The van der Waals surface area contributed by atoms with Gasteiger partial charge in [0, 0.05) is 30.3 Å². The van der Waals surface area contributed by atoms with Crippen LogP contribution in [0.1, 0.15) is 62.5 Å². The first-order chi connectivity index (χ1) is 18.4. The van der Waals surface area contributed by atoms with Crippen LogP contribution in [0.25, 0.3) is 0 Å². The van der Waals surface area contributed by atoms with Gasteiger partial charge in [0.2, 0.25) is 11.8 Å². The van der Waals surface area contributed by atoms with Gasteiger partial charge >= 0.3 is 0 Å². The molecule has 4 unspecified atom stereocenters. The van der Waals surface area contributed by atoms with Crippen LogP contribution in [0.4, 0.5) is 0 Å². The molecule has 10 nitrogen and oxygen atoms in total. The van der Waals surface area contributed by atoms with Crippen LogP contribution < -0.4 is 14.8 Å². The zero-order valence-electron chi connectivity index (χ0n) is 22.2. The molecule has 38 heavy (non-hydrogen) atoms. The maximum atomic E-state index is 13.5. The molecule has 1 heterocycles. The molecule has 210 valence electrons. The van der Waals surface area contributed by atoms with Crippen LogP contribution in [-0.4, -0.2) is 89.8 Å². The van der Waals surface area contributed by atoms with Gasteiger partial charge in [0.15, 0.2) is 11.5 Å². The number of carbonyl (C=O) groups is 2. The molecule has 1 aliphatic heterocycles. The Morgan fingerprint density at radius 2 is 1.89 bits per heavy atom. The Kier molecular flexibility index (Phi) is 9.64. The number of rotatable bonds is 10. The Morgan fingerprint density at radius 1 is 1.16 bits per heavy atom. The van der Waals surface area contributed by atoms with Crippen molar-refractivity contribution in [2.24, 2.45) is 0 Å². The van der Waals surface area contributed by atoms with Gasteiger partial charge in [-0.1, -0.05) is 25.7 Å². The van der Waals surface area contributed by atoms with Crippen molar-refractivity contribution < 1.29 is 39.1 Å². The lowest BCUT2D eigenvalue weighted by Gasteiger charge is -2.44. The minimum absolute atomic E-state index is 0.0596. The van der Waals surface area contributed by atoms with Crippen molar-refractivity contribution in [1.29, 1.82) is 0 Å². The monoisotopic (exact) mass is 532 g/mol. The smallest absolute Gasteiger partial charge is 0.249 e. The number of hydrogen-bond donors (Lipinski definition) is 4. The first-order valence-corrected chi connectivity index (χ1v) is 13.6. The largest absolute Gasteiger partial charge is 0.493 e. The number of amides is 2. The highest BCUT2D eigenvalue weighted by Gasteiger charge is 2.52. The zero-order chi connectivity index (χ0) is 27.2. The number of ether oxygens (including phenoxy) is 3. The molecule has 4 N–H and O–H groups in total. The summed E-state index contributed by atoms with van der Waals surface area (Å²) in [6.45, 7) is 1.70. The molecular weight excluding hydrogens is 492 g/mol. The molecule has 0 bridgehead atoms. The lowest BCUT2D eigenvalue weighted by molar-refractivity contribution is -0.145. The van der Waals surface area contributed by atoms with Gasteiger partial charge in [0.05, 0.1) is 32.3 Å². The predicted octanol–water partition coefficient (Wildman–Crippen LogP) is 1.40. The molecule has 1 aromatic rings. The predicted molar refractivity (Wildman–Crippen MR) is 139 cm³/mol. The number of aliphatic hydroxyl groups excluding tert-OH is 3. The van der Waals surface area contributed by atoms with Crippen LogP contribution in [0, 0.1) is 0 Å². The molecule has 3 aliphatic rings. The summed E-state index contributed by atoms with van der Waals surface area (Å²) in [7, 11) is 1.49. The Balaban J connectivity index is 1.80. The maximum Gasteiger partial charge on any atom is 0.249 e. The van der Waals surface area contributed by atoms with Gasteiger partial charge in [-0.15, -0.1) is 0 Å². The average Bonchev–Trinajstić information content (AvgIpc) is 3.11. The third kappa shape index (κ3) is 5.68. The maximum absolute atomic E-state index is 13.5. The minimum Gasteiger partial charge on any atom is -0.493 e. The highest BCUT2D eigenvalue weighted by Crippen LogP contribution is 2.51. The standard InChI is InChI=1S/C28H40N2O8/c1-3-37-16-23(33)30(18-8-6-4-5-7-9-18)21-14-20(28(35)29-10-11-31)24-19-12-17(15-32)13-22(36-2)26(19)38-27(24)25(21)34/h12-14,18,21,24-25,27,31-32,34H,3-11,15-16H2,1-2H3,(H,29,35). The van der Waals surface area contributed by atoms with Gasteiger partial charge in [-0.25, -0.2) is 0 Å². The SMILES string of the molecule is CCOCC(=O)N(C1CCCCCC1)C1C=C(C(=O)NCCO)C2c3cc(CO)cc(OC)c3OC2C1O. The van der Waals surface area contributed by atoms with Gasteiger partial charge in [0.1, 0.15) is 18.8 Å². The molecule has 2 aliphatic carbocycles. The van der Waals surface area contributed by atoms with E-state index in [1.54, 1.807) is 23.1 Å². The fourth-order valence-electron chi connectivity index (χ4n) is 6.00. The molecule has 4 atom stereocenters. The van der Waals surface area contributed by atoms with Crippen molar-refractivity contribution in [3.63, 3.8) is 0 Å². The first kappa shape index (κ1) is 28.4. The quantitative estimate of drug-likeness (QED) is 0.332. The molecule has 1 fully saturated rings.